The molecule has 0 aliphatic rings. The van der Waals surface area contributed by atoms with Crippen LogP contribution in [0.2, 0.25) is 0 Å². The van der Waals surface area contributed by atoms with E-state index in [2.05, 4.69) is 38.0 Å². The maximum absolute atomic E-state index is 10.9. The topological polar surface area (TPSA) is 58.4 Å². The Morgan fingerprint density at radius 1 is 1.29 bits per heavy atom. The van der Waals surface area contributed by atoms with E-state index in [0.717, 1.165) is 13.0 Å². The number of carbonyl (C=O) groups is 1. The lowest BCUT2D eigenvalue weighted by Gasteiger charge is -2.30. The van der Waals surface area contributed by atoms with Gasteiger partial charge in [0, 0.05) is 18.5 Å². The minimum absolute atomic E-state index is 0.0857. The predicted molar refractivity (Wildman–Crippen MR) is 58.5 cm³/mol. The highest BCUT2D eigenvalue weighted by Gasteiger charge is 2.12. The Bertz CT molecular complexity index is 161. The third-order valence-corrected chi connectivity index (χ3v) is 2.31. The standard InChI is InChI=1S/C10H23N3O/c1-8(2)13(9(3)4)7-5-6-10(14)12-11/h8-9H,5-7,11H2,1-4H3,(H,12,14). The van der Waals surface area contributed by atoms with Gasteiger partial charge in [0.2, 0.25) is 5.91 Å². The summed E-state index contributed by atoms with van der Waals surface area (Å²) in [5, 5.41) is 0. The maximum Gasteiger partial charge on any atom is 0.233 e. The molecule has 0 atom stereocenters. The highest BCUT2D eigenvalue weighted by molar-refractivity contribution is 5.75. The molecule has 0 spiro atoms. The van der Waals surface area contributed by atoms with Gasteiger partial charge in [-0.3, -0.25) is 15.1 Å². The number of nitrogens with zero attached hydrogens (tertiary/aromatic N) is 1. The van der Waals surface area contributed by atoms with Crippen molar-refractivity contribution in [3.63, 3.8) is 0 Å². The molecule has 0 fully saturated rings. The van der Waals surface area contributed by atoms with Gasteiger partial charge in [-0.15, -0.1) is 0 Å². The fourth-order valence-corrected chi connectivity index (χ4v) is 1.61. The molecule has 0 aromatic carbocycles. The summed E-state index contributed by atoms with van der Waals surface area (Å²) in [7, 11) is 0. The van der Waals surface area contributed by atoms with E-state index in [-0.39, 0.29) is 5.91 Å². The minimum Gasteiger partial charge on any atom is -0.299 e. The summed E-state index contributed by atoms with van der Waals surface area (Å²) in [6.07, 6.45) is 1.37. The first-order chi connectivity index (χ1) is 6.49. The third kappa shape index (κ3) is 5.19. The summed E-state index contributed by atoms with van der Waals surface area (Å²) in [5.41, 5.74) is 2.14. The van der Waals surface area contributed by atoms with Crippen LogP contribution in [-0.2, 0) is 4.79 Å². The molecule has 0 heterocycles. The number of amides is 1. The third-order valence-electron chi connectivity index (χ3n) is 2.31. The van der Waals surface area contributed by atoms with Gasteiger partial charge in [-0.2, -0.15) is 0 Å². The van der Waals surface area contributed by atoms with Crippen molar-refractivity contribution in [3.8, 4) is 0 Å². The highest BCUT2D eigenvalue weighted by atomic mass is 16.2. The molecule has 0 saturated heterocycles. The Kier molecular flexibility index (Phi) is 6.49. The number of hydrogen-bond acceptors (Lipinski definition) is 3. The summed E-state index contributed by atoms with van der Waals surface area (Å²) >= 11 is 0. The molecule has 84 valence electrons. The zero-order valence-corrected chi connectivity index (χ0v) is 9.71. The molecule has 0 rings (SSSR count). The molecule has 0 aliphatic carbocycles. The molecular weight excluding hydrogens is 178 g/mol. The molecule has 0 aromatic rings. The van der Waals surface area contributed by atoms with Crippen LogP contribution in [0, 0.1) is 0 Å². The maximum atomic E-state index is 10.9. The Labute approximate surface area is 86.8 Å². The molecule has 0 radical (unpaired) electrons. The summed E-state index contributed by atoms with van der Waals surface area (Å²) in [5.74, 6) is 4.91. The van der Waals surface area contributed by atoms with E-state index in [4.69, 9.17) is 5.84 Å². The number of hydrazine groups is 1. The van der Waals surface area contributed by atoms with Crippen molar-refractivity contribution in [2.24, 2.45) is 5.84 Å². The molecule has 0 bridgehead atoms. The van der Waals surface area contributed by atoms with E-state index in [1.807, 2.05) is 0 Å². The molecule has 0 unspecified atom stereocenters. The van der Waals surface area contributed by atoms with Crippen LogP contribution in [0.5, 0.6) is 0 Å². The van der Waals surface area contributed by atoms with Gasteiger partial charge >= 0.3 is 0 Å². The van der Waals surface area contributed by atoms with Gasteiger partial charge in [0.1, 0.15) is 0 Å². The van der Waals surface area contributed by atoms with Crippen molar-refractivity contribution in [2.75, 3.05) is 6.54 Å². The summed E-state index contributed by atoms with van der Waals surface area (Å²) in [4.78, 5) is 13.2. The minimum atomic E-state index is -0.0857. The Balaban J connectivity index is 3.78. The zero-order valence-electron chi connectivity index (χ0n) is 9.71. The predicted octanol–water partition coefficient (Wildman–Crippen LogP) is 0.875. The molecule has 0 aromatic heterocycles. The van der Waals surface area contributed by atoms with Crippen LogP contribution in [0.1, 0.15) is 40.5 Å². The lowest BCUT2D eigenvalue weighted by molar-refractivity contribution is -0.121. The van der Waals surface area contributed by atoms with Gasteiger partial charge in [0.25, 0.3) is 0 Å². The zero-order chi connectivity index (χ0) is 11.1. The molecule has 3 N–H and O–H groups in total. The first-order valence-corrected chi connectivity index (χ1v) is 5.24. The Morgan fingerprint density at radius 2 is 1.79 bits per heavy atom. The molecule has 1 amide bonds. The van der Waals surface area contributed by atoms with E-state index < -0.39 is 0 Å². The molecule has 4 heteroatoms. The summed E-state index contributed by atoms with van der Waals surface area (Å²) in [6.45, 7) is 9.63. The SMILES string of the molecule is CC(C)N(CCCC(=O)NN)C(C)C. The van der Waals surface area contributed by atoms with Crippen LogP contribution in [0.4, 0.5) is 0 Å². The van der Waals surface area contributed by atoms with E-state index in [1.165, 1.54) is 0 Å². The van der Waals surface area contributed by atoms with Crippen molar-refractivity contribution in [3.05, 3.63) is 0 Å². The van der Waals surface area contributed by atoms with Gasteiger partial charge in [-0.05, 0) is 40.7 Å². The smallest absolute Gasteiger partial charge is 0.233 e. The first-order valence-electron chi connectivity index (χ1n) is 5.24. The summed E-state index contributed by atoms with van der Waals surface area (Å²) in [6, 6.07) is 1.05. The fourth-order valence-electron chi connectivity index (χ4n) is 1.61. The van der Waals surface area contributed by atoms with E-state index >= 15 is 0 Å². The van der Waals surface area contributed by atoms with E-state index in [9.17, 15) is 4.79 Å². The van der Waals surface area contributed by atoms with E-state index in [0.29, 0.717) is 18.5 Å². The first kappa shape index (κ1) is 13.4. The van der Waals surface area contributed by atoms with Crippen LogP contribution in [0.25, 0.3) is 0 Å². The van der Waals surface area contributed by atoms with Crippen LogP contribution >= 0.6 is 0 Å². The molecular formula is C10H23N3O. The van der Waals surface area contributed by atoms with Crippen LogP contribution in [-0.4, -0.2) is 29.4 Å². The average molecular weight is 201 g/mol. The van der Waals surface area contributed by atoms with E-state index in [1.54, 1.807) is 0 Å². The lowest BCUT2D eigenvalue weighted by Crippen LogP contribution is -2.38. The second-order valence-corrected chi connectivity index (χ2v) is 4.10. The largest absolute Gasteiger partial charge is 0.299 e. The second-order valence-electron chi connectivity index (χ2n) is 4.10. The quantitative estimate of drug-likeness (QED) is 0.381. The number of hydrogen-bond donors (Lipinski definition) is 2. The van der Waals surface area contributed by atoms with Gasteiger partial charge in [0.05, 0.1) is 0 Å². The van der Waals surface area contributed by atoms with Gasteiger partial charge in [-0.1, -0.05) is 0 Å². The van der Waals surface area contributed by atoms with Crippen LogP contribution in [0.3, 0.4) is 0 Å². The Hall–Kier alpha value is -0.610. The highest BCUT2D eigenvalue weighted by Crippen LogP contribution is 2.06. The molecule has 0 aliphatic heterocycles. The fraction of sp³-hybridized carbons (Fsp3) is 0.900. The number of carbonyl (C=O) groups excluding carboxylic acids is 1. The lowest BCUT2D eigenvalue weighted by atomic mass is 10.2. The van der Waals surface area contributed by atoms with Crippen molar-refractivity contribution < 1.29 is 4.79 Å². The number of nitrogens with one attached hydrogen (secondary N) is 1. The number of nitrogens with two attached hydrogens (primary N) is 1. The van der Waals surface area contributed by atoms with Crippen LogP contribution < -0.4 is 11.3 Å². The van der Waals surface area contributed by atoms with Crippen LogP contribution in [0.15, 0.2) is 0 Å². The monoisotopic (exact) mass is 201 g/mol. The normalized spacial score (nSPS) is 11.4. The van der Waals surface area contributed by atoms with Gasteiger partial charge in [-0.25, -0.2) is 5.84 Å². The second kappa shape index (κ2) is 6.79. The number of rotatable bonds is 6. The van der Waals surface area contributed by atoms with Crippen molar-refractivity contribution >= 4 is 5.91 Å². The van der Waals surface area contributed by atoms with Crippen molar-refractivity contribution in [1.29, 1.82) is 0 Å². The van der Waals surface area contributed by atoms with Gasteiger partial charge < -0.3 is 0 Å². The molecule has 0 saturated carbocycles. The van der Waals surface area contributed by atoms with Gasteiger partial charge in [0.15, 0.2) is 0 Å². The molecule has 4 nitrogen and oxygen atoms in total. The molecule has 14 heavy (non-hydrogen) atoms. The van der Waals surface area contributed by atoms with Crippen molar-refractivity contribution in [2.45, 2.75) is 52.6 Å². The summed E-state index contributed by atoms with van der Waals surface area (Å²) < 4.78 is 0. The Morgan fingerprint density at radius 3 is 2.14 bits per heavy atom. The average Bonchev–Trinajstić information content (AvgIpc) is 2.10. The van der Waals surface area contributed by atoms with Crippen molar-refractivity contribution in [1.82, 2.24) is 10.3 Å².